The van der Waals surface area contributed by atoms with Gasteiger partial charge in [0.25, 0.3) is 0 Å². The molecule has 1 saturated heterocycles. The first-order valence-corrected chi connectivity index (χ1v) is 9.23. The second kappa shape index (κ2) is 7.38. The van der Waals surface area contributed by atoms with Crippen LogP contribution in [-0.4, -0.2) is 52.4 Å². The Labute approximate surface area is 149 Å². The van der Waals surface area contributed by atoms with E-state index in [9.17, 15) is 0 Å². The van der Waals surface area contributed by atoms with E-state index in [1.165, 1.54) is 37.2 Å². The van der Waals surface area contributed by atoms with Crippen LogP contribution in [0.1, 0.15) is 18.5 Å². The molecule has 4 nitrogen and oxygen atoms in total. The van der Waals surface area contributed by atoms with Gasteiger partial charge in [0, 0.05) is 31.4 Å². The molecule has 0 spiro atoms. The molecule has 3 aromatic rings. The summed E-state index contributed by atoms with van der Waals surface area (Å²) in [5.74, 6) is 0. The normalized spacial score (nSPS) is 15.4. The number of imidazole rings is 1. The molecule has 0 saturated carbocycles. The van der Waals surface area contributed by atoms with Gasteiger partial charge in [-0.25, -0.2) is 4.98 Å². The van der Waals surface area contributed by atoms with Gasteiger partial charge in [-0.1, -0.05) is 36.4 Å². The van der Waals surface area contributed by atoms with Gasteiger partial charge in [-0.15, -0.1) is 0 Å². The SMILES string of the molecule is CN(CCN1CCCC1)Cc1c(-c2ccccc2)nc2ccccn12. The highest BCUT2D eigenvalue weighted by atomic mass is 15.2. The summed E-state index contributed by atoms with van der Waals surface area (Å²) in [4.78, 5) is 9.89. The molecule has 25 heavy (non-hydrogen) atoms. The summed E-state index contributed by atoms with van der Waals surface area (Å²) in [6.07, 6.45) is 4.84. The highest BCUT2D eigenvalue weighted by Gasteiger charge is 2.16. The van der Waals surface area contributed by atoms with E-state index in [0.29, 0.717) is 0 Å². The molecule has 1 aromatic carbocycles. The van der Waals surface area contributed by atoms with Crippen LogP contribution in [0.15, 0.2) is 54.7 Å². The van der Waals surface area contributed by atoms with Crippen molar-refractivity contribution >= 4 is 5.65 Å². The largest absolute Gasteiger partial charge is 0.302 e. The summed E-state index contributed by atoms with van der Waals surface area (Å²) in [6, 6.07) is 16.7. The Bertz CT molecular complexity index is 818. The predicted molar refractivity (Wildman–Crippen MR) is 103 cm³/mol. The Kier molecular flexibility index (Phi) is 4.81. The van der Waals surface area contributed by atoms with Gasteiger partial charge >= 0.3 is 0 Å². The smallest absolute Gasteiger partial charge is 0.137 e. The van der Waals surface area contributed by atoms with E-state index in [4.69, 9.17) is 4.98 Å². The number of pyridine rings is 1. The standard InChI is InChI=1S/C21H26N4/c1-23(15-16-24-12-7-8-13-24)17-19-21(18-9-3-2-4-10-18)22-20-11-5-6-14-25(19)20/h2-6,9-11,14H,7-8,12-13,15-17H2,1H3. The number of hydrogen-bond donors (Lipinski definition) is 0. The van der Waals surface area contributed by atoms with E-state index in [1.54, 1.807) is 0 Å². The molecule has 130 valence electrons. The molecular formula is C21H26N4. The first kappa shape index (κ1) is 16.3. The minimum absolute atomic E-state index is 0.906. The molecule has 3 heterocycles. The van der Waals surface area contributed by atoms with Gasteiger partial charge in [-0.2, -0.15) is 0 Å². The number of fused-ring (bicyclic) bond motifs is 1. The second-order valence-electron chi connectivity index (χ2n) is 6.99. The molecule has 2 aromatic heterocycles. The van der Waals surface area contributed by atoms with E-state index in [2.05, 4.69) is 76.0 Å². The fourth-order valence-electron chi connectivity index (χ4n) is 3.68. The molecule has 1 fully saturated rings. The van der Waals surface area contributed by atoms with Crippen LogP contribution in [0.5, 0.6) is 0 Å². The van der Waals surface area contributed by atoms with Crippen molar-refractivity contribution in [1.29, 1.82) is 0 Å². The van der Waals surface area contributed by atoms with Crippen molar-refractivity contribution in [3.63, 3.8) is 0 Å². The Morgan fingerprint density at radius 2 is 1.76 bits per heavy atom. The average Bonchev–Trinajstić information content (AvgIpc) is 3.29. The molecule has 0 radical (unpaired) electrons. The van der Waals surface area contributed by atoms with Crippen LogP contribution in [0, 0.1) is 0 Å². The van der Waals surface area contributed by atoms with Gasteiger partial charge in [0.2, 0.25) is 0 Å². The minimum Gasteiger partial charge on any atom is -0.302 e. The second-order valence-corrected chi connectivity index (χ2v) is 6.99. The maximum atomic E-state index is 4.90. The fraction of sp³-hybridized carbons (Fsp3) is 0.381. The summed E-state index contributed by atoms with van der Waals surface area (Å²) in [6.45, 7) is 5.68. The van der Waals surface area contributed by atoms with Crippen LogP contribution >= 0.6 is 0 Å². The van der Waals surface area contributed by atoms with Crippen molar-refractivity contribution in [2.45, 2.75) is 19.4 Å². The van der Waals surface area contributed by atoms with E-state index in [-0.39, 0.29) is 0 Å². The first-order chi connectivity index (χ1) is 12.3. The Morgan fingerprint density at radius 3 is 2.56 bits per heavy atom. The molecule has 0 unspecified atom stereocenters. The number of hydrogen-bond acceptors (Lipinski definition) is 3. The third-order valence-corrected chi connectivity index (χ3v) is 5.09. The maximum absolute atomic E-state index is 4.90. The Hall–Kier alpha value is -2.17. The average molecular weight is 334 g/mol. The summed E-state index contributed by atoms with van der Waals surface area (Å²) in [7, 11) is 2.22. The van der Waals surface area contributed by atoms with Gasteiger partial charge < -0.3 is 9.30 Å². The van der Waals surface area contributed by atoms with Crippen molar-refractivity contribution in [2.75, 3.05) is 33.2 Å². The molecule has 1 aliphatic heterocycles. The Morgan fingerprint density at radius 1 is 1.00 bits per heavy atom. The first-order valence-electron chi connectivity index (χ1n) is 9.23. The monoisotopic (exact) mass is 334 g/mol. The third-order valence-electron chi connectivity index (χ3n) is 5.09. The highest BCUT2D eigenvalue weighted by Crippen LogP contribution is 2.25. The number of nitrogens with zero attached hydrogens (tertiary/aromatic N) is 4. The summed E-state index contributed by atoms with van der Waals surface area (Å²) in [5, 5.41) is 0. The van der Waals surface area contributed by atoms with E-state index >= 15 is 0 Å². The number of likely N-dealkylation sites (N-methyl/N-ethyl adjacent to an activating group) is 1. The van der Waals surface area contributed by atoms with Crippen molar-refractivity contribution in [1.82, 2.24) is 19.2 Å². The zero-order valence-electron chi connectivity index (χ0n) is 14.9. The van der Waals surface area contributed by atoms with Crippen LogP contribution in [0.4, 0.5) is 0 Å². The zero-order valence-corrected chi connectivity index (χ0v) is 14.9. The molecule has 0 bridgehead atoms. The van der Waals surface area contributed by atoms with E-state index in [1.807, 2.05) is 0 Å². The minimum atomic E-state index is 0.906. The summed E-state index contributed by atoms with van der Waals surface area (Å²) in [5.41, 5.74) is 4.57. The van der Waals surface area contributed by atoms with Crippen LogP contribution in [0.25, 0.3) is 16.9 Å². The summed E-state index contributed by atoms with van der Waals surface area (Å²) < 4.78 is 2.23. The van der Waals surface area contributed by atoms with Gasteiger partial charge in [-0.05, 0) is 45.1 Å². The lowest BCUT2D eigenvalue weighted by Crippen LogP contribution is -2.31. The molecule has 4 heteroatoms. The number of rotatable bonds is 6. The van der Waals surface area contributed by atoms with Crippen LogP contribution < -0.4 is 0 Å². The zero-order chi connectivity index (χ0) is 17.1. The van der Waals surface area contributed by atoms with Crippen molar-refractivity contribution < 1.29 is 0 Å². The lowest BCUT2D eigenvalue weighted by atomic mass is 10.1. The quantitative estimate of drug-likeness (QED) is 0.689. The van der Waals surface area contributed by atoms with Crippen LogP contribution in [0.2, 0.25) is 0 Å². The van der Waals surface area contributed by atoms with Crippen LogP contribution in [-0.2, 0) is 6.54 Å². The van der Waals surface area contributed by atoms with Crippen molar-refractivity contribution in [3.8, 4) is 11.3 Å². The number of benzene rings is 1. The highest BCUT2D eigenvalue weighted by molar-refractivity contribution is 5.66. The van der Waals surface area contributed by atoms with E-state index < -0.39 is 0 Å². The van der Waals surface area contributed by atoms with Crippen molar-refractivity contribution in [3.05, 3.63) is 60.4 Å². The van der Waals surface area contributed by atoms with Gasteiger partial charge in [0.1, 0.15) is 5.65 Å². The molecule has 1 aliphatic rings. The Balaban J connectivity index is 1.58. The molecular weight excluding hydrogens is 308 g/mol. The van der Waals surface area contributed by atoms with Gasteiger partial charge in [0.15, 0.2) is 0 Å². The third kappa shape index (κ3) is 3.60. The lowest BCUT2D eigenvalue weighted by Gasteiger charge is -2.21. The molecule has 0 N–H and O–H groups in total. The molecule has 4 rings (SSSR count). The maximum Gasteiger partial charge on any atom is 0.137 e. The summed E-state index contributed by atoms with van der Waals surface area (Å²) >= 11 is 0. The predicted octanol–water partition coefficient (Wildman–Crippen LogP) is 3.53. The lowest BCUT2D eigenvalue weighted by molar-refractivity contribution is 0.250. The van der Waals surface area contributed by atoms with E-state index in [0.717, 1.165) is 31.0 Å². The van der Waals surface area contributed by atoms with Crippen molar-refractivity contribution in [2.24, 2.45) is 0 Å². The topological polar surface area (TPSA) is 23.8 Å². The van der Waals surface area contributed by atoms with Gasteiger partial charge in [0.05, 0.1) is 11.4 Å². The van der Waals surface area contributed by atoms with Gasteiger partial charge in [-0.3, -0.25) is 4.90 Å². The molecule has 0 aliphatic carbocycles. The fourth-order valence-corrected chi connectivity index (χ4v) is 3.68. The molecule has 0 atom stereocenters. The number of likely N-dealkylation sites (tertiary alicyclic amines) is 1. The molecule has 0 amide bonds. The number of aromatic nitrogens is 2. The van der Waals surface area contributed by atoms with Crippen LogP contribution in [0.3, 0.4) is 0 Å².